The summed E-state index contributed by atoms with van der Waals surface area (Å²) in [6.07, 6.45) is 3.79. The summed E-state index contributed by atoms with van der Waals surface area (Å²) in [5, 5.41) is 3.43. The van der Waals surface area contributed by atoms with Crippen molar-refractivity contribution < 1.29 is 0 Å². The van der Waals surface area contributed by atoms with Crippen LogP contribution in [0.5, 0.6) is 0 Å². The molecular weight excluding hydrogens is 250 g/mol. The average molecular weight is 277 g/mol. The number of hydrogen-bond donors (Lipinski definition) is 1. The van der Waals surface area contributed by atoms with Gasteiger partial charge in [-0.05, 0) is 34.7 Å². The molecule has 1 N–H and O–H groups in total. The SMILES string of the molecule is CC1CN(c2cnc(CNC(C)(C)C)cn2)CCN1C. The fourth-order valence-corrected chi connectivity index (χ4v) is 2.21. The van der Waals surface area contributed by atoms with E-state index in [2.05, 4.69) is 59.8 Å². The first kappa shape index (κ1) is 15.2. The van der Waals surface area contributed by atoms with Crippen LogP contribution in [0.3, 0.4) is 0 Å². The third-order valence-corrected chi connectivity index (χ3v) is 3.78. The first-order valence-corrected chi connectivity index (χ1v) is 7.36. The van der Waals surface area contributed by atoms with E-state index in [0.717, 1.165) is 37.7 Å². The Morgan fingerprint density at radius 3 is 2.55 bits per heavy atom. The molecule has 1 saturated heterocycles. The Hall–Kier alpha value is -1.20. The molecular formula is C15H27N5. The minimum Gasteiger partial charge on any atom is -0.353 e. The topological polar surface area (TPSA) is 44.3 Å². The van der Waals surface area contributed by atoms with Crippen molar-refractivity contribution in [2.75, 3.05) is 31.6 Å². The zero-order chi connectivity index (χ0) is 14.8. The monoisotopic (exact) mass is 277 g/mol. The van der Waals surface area contributed by atoms with Gasteiger partial charge in [0.25, 0.3) is 0 Å². The van der Waals surface area contributed by atoms with E-state index in [-0.39, 0.29) is 5.54 Å². The van der Waals surface area contributed by atoms with Crippen LogP contribution in [0.2, 0.25) is 0 Å². The van der Waals surface area contributed by atoms with Crippen LogP contribution in [0.1, 0.15) is 33.4 Å². The van der Waals surface area contributed by atoms with Crippen LogP contribution < -0.4 is 10.2 Å². The third-order valence-electron chi connectivity index (χ3n) is 3.78. The Morgan fingerprint density at radius 2 is 2.00 bits per heavy atom. The summed E-state index contributed by atoms with van der Waals surface area (Å²) in [4.78, 5) is 13.8. The highest BCUT2D eigenvalue weighted by atomic mass is 15.3. The summed E-state index contributed by atoms with van der Waals surface area (Å²) in [5.74, 6) is 0.990. The summed E-state index contributed by atoms with van der Waals surface area (Å²) < 4.78 is 0. The number of aromatic nitrogens is 2. The van der Waals surface area contributed by atoms with Gasteiger partial charge in [0.05, 0.1) is 18.1 Å². The predicted molar refractivity (Wildman–Crippen MR) is 82.9 cm³/mol. The molecule has 0 aliphatic carbocycles. The summed E-state index contributed by atoms with van der Waals surface area (Å²) >= 11 is 0. The van der Waals surface area contributed by atoms with Crippen LogP contribution in [-0.2, 0) is 6.54 Å². The first-order chi connectivity index (χ1) is 9.35. The molecule has 2 heterocycles. The second-order valence-electron chi connectivity index (χ2n) is 6.75. The van der Waals surface area contributed by atoms with Gasteiger partial charge in [0.15, 0.2) is 0 Å². The molecule has 1 fully saturated rings. The number of hydrogen-bond acceptors (Lipinski definition) is 5. The lowest BCUT2D eigenvalue weighted by atomic mass is 10.1. The van der Waals surface area contributed by atoms with Crippen molar-refractivity contribution in [1.29, 1.82) is 0 Å². The molecule has 20 heavy (non-hydrogen) atoms. The van der Waals surface area contributed by atoms with Crippen LogP contribution in [0.4, 0.5) is 5.82 Å². The van der Waals surface area contributed by atoms with E-state index in [1.165, 1.54) is 0 Å². The number of nitrogens with one attached hydrogen (secondary N) is 1. The van der Waals surface area contributed by atoms with E-state index < -0.39 is 0 Å². The standard InChI is InChI=1S/C15H27N5/c1-12-11-20(7-6-19(12)5)14-10-16-13(8-17-14)9-18-15(2,3)4/h8,10,12,18H,6-7,9,11H2,1-5H3. The highest BCUT2D eigenvalue weighted by Crippen LogP contribution is 2.15. The Bertz CT molecular complexity index is 423. The number of piperazine rings is 1. The molecule has 5 heteroatoms. The molecule has 5 nitrogen and oxygen atoms in total. The van der Waals surface area contributed by atoms with Gasteiger partial charge in [-0.2, -0.15) is 0 Å². The first-order valence-electron chi connectivity index (χ1n) is 7.36. The molecule has 0 aromatic carbocycles. The Balaban J connectivity index is 1.94. The molecule has 2 rings (SSSR count). The van der Waals surface area contributed by atoms with Crippen molar-refractivity contribution in [2.24, 2.45) is 0 Å². The Kier molecular flexibility index (Phi) is 4.60. The van der Waals surface area contributed by atoms with Gasteiger partial charge in [0.1, 0.15) is 5.82 Å². The van der Waals surface area contributed by atoms with Gasteiger partial charge >= 0.3 is 0 Å². The number of likely N-dealkylation sites (N-methyl/N-ethyl adjacent to an activating group) is 1. The van der Waals surface area contributed by atoms with Crippen molar-refractivity contribution in [3.63, 3.8) is 0 Å². The van der Waals surface area contributed by atoms with Gasteiger partial charge in [0, 0.05) is 37.8 Å². The van der Waals surface area contributed by atoms with Gasteiger partial charge < -0.3 is 15.1 Å². The maximum Gasteiger partial charge on any atom is 0.147 e. The molecule has 0 spiro atoms. The lowest BCUT2D eigenvalue weighted by Gasteiger charge is -2.38. The number of anilines is 1. The summed E-state index contributed by atoms with van der Waals surface area (Å²) in [6.45, 7) is 12.6. The minimum absolute atomic E-state index is 0.104. The van der Waals surface area contributed by atoms with Crippen LogP contribution in [0, 0.1) is 0 Å². The molecule has 1 atom stereocenters. The molecule has 1 aromatic heterocycles. The molecule has 0 bridgehead atoms. The van der Waals surface area contributed by atoms with Crippen molar-refractivity contribution in [3.05, 3.63) is 18.1 Å². The Morgan fingerprint density at radius 1 is 1.25 bits per heavy atom. The van der Waals surface area contributed by atoms with E-state index in [4.69, 9.17) is 0 Å². The Labute approximate surface area is 122 Å². The molecule has 0 saturated carbocycles. The lowest BCUT2D eigenvalue weighted by Crippen LogP contribution is -2.50. The summed E-state index contributed by atoms with van der Waals surface area (Å²) in [5.41, 5.74) is 1.10. The van der Waals surface area contributed by atoms with E-state index in [0.29, 0.717) is 6.04 Å². The molecule has 1 aliphatic heterocycles. The summed E-state index contributed by atoms with van der Waals surface area (Å²) in [7, 11) is 2.18. The van der Waals surface area contributed by atoms with Crippen molar-refractivity contribution in [1.82, 2.24) is 20.2 Å². The summed E-state index contributed by atoms with van der Waals surface area (Å²) in [6, 6.07) is 0.563. The average Bonchev–Trinajstić information content (AvgIpc) is 2.39. The fourth-order valence-electron chi connectivity index (χ4n) is 2.21. The number of rotatable bonds is 3. The lowest BCUT2D eigenvalue weighted by molar-refractivity contribution is 0.233. The van der Waals surface area contributed by atoms with E-state index in [1.54, 1.807) is 0 Å². The fraction of sp³-hybridized carbons (Fsp3) is 0.733. The van der Waals surface area contributed by atoms with Crippen molar-refractivity contribution >= 4 is 5.82 Å². The highest BCUT2D eigenvalue weighted by Gasteiger charge is 2.21. The second kappa shape index (κ2) is 6.06. The van der Waals surface area contributed by atoms with Crippen molar-refractivity contribution in [2.45, 2.75) is 45.8 Å². The second-order valence-corrected chi connectivity index (χ2v) is 6.75. The van der Waals surface area contributed by atoms with Gasteiger partial charge in [-0.1, -0.05) is 0 Å². The van der Waals surface area contributed by atoms with Gasteiger partial charge in [-0.3, -0.25) is 4.98 Å². The molecule has 1 aromatic rings. The van der Waals surface area contributed by atoms with Crippen LogP contribution in [0.25, 0.3) is 0 Å². The molecule has 0 radical (unpaired) electrons. The quantitative estimate of drug-likeness (QED) is 0.907. The highest BCUT2D eigenvalue weighted by molar-refractivity contribution is 5.36. The van der Waals surface area contributed by atoms with Gasteiger partial charge in [0.2, 0.25) is 0 Å². The zero-order valence-corrected chi connectivity index (χ0v) is 13.3. The van der Waals surface area contributed by atoms with E-state index in [9.17, 15) is 0 Å². The van der Waals surface area contributed by atoms with Crippen LogP contribution in [0.15, 0.2) is 12.4 Å². The minimum atomic E-state index is 0.104. The molecule has 112 valence electrons. The molecule has 1 unspecified atom stereocenters. The van der Waals surface area contributed by atoms with Crippen LogP contribution in [-0.4, -0.2) is 53.1 Å². The van der Waals surface area contributed by atoms with Gasteiger partial charge in [-0.25, -0.2) is 4.98 Å². The third kappa shape index (κ3) is 4.15. The molecule has 0 amide bonds. The zero-order valence-electron chi connectivity index (χ0n) is 13.3. The normalized spacial score (nSPS) is 21.2. The van der Waals surface area contributed by atoms with Crippen LogP contribution >= 0.6 is 0 Å². The van der Waals surface area contributed by atoms with E-state index >= 15 is 0 Å². The maximum atomic E-state index is 4.57. The maximum absolute atomic E-state index is 4.57. The molecule has 1 aliphatic rings. The number of nitrogens with zero attached hydrogens (tertiary/aromatic N) is 4. The van der Waals surface area contributed by atoms with E-state index in [1.807, 2.05) is 12.4 Å². The smallest absolute Gasteiger partial charge is 0.147 e. The van der Waals surface area contributed by atoms with Gasteiger partial charge in [-0.15, -0.1) is 0 Å². The van der Waals surface area contributed by atoms with Crippen molar-refractivity contribution in [3.8, 4) is 0 Å². The largest absolute Gasteiger partial charge is 0.353 e. The predicted octanol–water partition coefficient (Wildman–Crippen LogP) is 1.50.